The molecule has 0 amide bonds. The van der Waals surface area contributed by atoms with E-state index in [1.807, 2.05) is 35.7 Å². The Balaban J connectivity index is 2.27. The highest BCUT2D eigenvalue weighted by Gasteiger charge is 2.19. The first-order valence-corrected chi connectivity index (χ1v) is 6.50. The Labute approximate surface area is 100 Å². The summed E-state index contributed by atoms with van der Waals surface area (Å²) in [5.41, 5.74) is 0. The minimum atomic E-state index is -0.536. The molecule has 1 heterocycles. The van der Waals surface area contributed by atoms with Gasteiger partial charge in [0.25, 0.3) is 0 Å². The summed E-state index contributed by atoms with van der Waals surface area (Å²) in [6.45, 7) is 0. The largest absolute Gasteiger partial charge is 0.214 e. The van der Waals surface area contributed by atoms with Gasteiger partial charge in [-0.1, -0.05) is 12.1 Å². The molecule has 0 saturated carbocycles. The molecule has 17 heavy (non-hydrogen) atoms. The van der Waals surface area contributed by atoms with Crippen LogP contribution < -0.4 is 0 Å². The van der Waals surface area contributed by atoms with Gasteiger partial charge in [-0.15, -0.1) is 0 Å². The second kappa shape index (κ2) is 3.93. The predicted molar refractivity (Wildman–Crippen MR) is 67.7 cm³/mol. The Morgan fingerprint density at radius 2 is 1.71 bits per heavy atom. The molecule has 1 atom stereocenters. The standard InChI is InChI=1S/C14H9F2S/c15-11-5-6-14(12(16)9-11)17-8-7-10-3-1-2-4-13(10)17/h1-9H/q+1. The first kappa shape index (κ1) is 10.4. The molecule has 3 heteroatoms. The molecule has 0 aliphatic heterocycles. The number of fused-ring (bicyclic) bond motifs is 1. The smallest absolute Gasteiger partial charge is 0.207 e. The molecule has 84 valence electrons. The molecule has 0 fully saturated rings. The van der Waals surface area contributed by atoms with E-state index in [1.165, 1.54) is 12.1 Å². The first-order chi connectivity index (χ1) is 8.25. The molecule has 0 N–H and O–H groups in total. The molecule has 0 spiro atoms. The lowest BCUT2D eigenvalue weighted by Gasteiger charge is -1.94. The lowest BCUT2D eigenvalue weighted by molar-refractivity contribution is 0.587. The molecule has 2 aromatic carbocycles. The van der Waals surface area contributed by atoms with Crippen molar-refractivity contribution in [2.24, 2.45) is 0 Å². The highest BCUT2D eigenvalue weighted by molar-refractivity contribution is 7.43. The van der Waals surface area contributed by atoms with E-state index in [1.54, 1.807) is 0 Å². The van der Waals surface area contributed by atoms with E-state index in [0.717, 1.165) is 16.2 Å². The van der Waals surface area contributed by atoms with Crippen molar-refractivity contribution < 1.29 is 8.78 Å². The SMILES string of the molecule is Fc1ccc(-[s+]2ccc3ccccc32)c(F)c1. The Bertz CT molecular complexity index is 686. The van der Waals surface area contributed by atoms with Crippen molar-refractivity contribution >= 4 is 20.6 Å². The van der Waals surface area contributed by atoms with E-state index in [4.69, 9.17) is 0 Å². The third kappa shape index (κ3) is 1.72. The summed E-state index contributed by atoms with van der Waals surface area (Å²) in [5.74, 6) is -1.01. The van der Waals surface area contributed by atoms with E-state index < -0.39 is 22.1 Å². The third-order valence-corrected chi connectivity index (χ3v) is 4.73. The van der Waals surface area contributed by atoms with E-state index >= 15 is 0 Å². The summed E-state index contributed by atoms with van der Waals surface area (Å²) < 4.78 is 27.7. The Hall–Kier alpha value is -1.74. The van der Waals surface area contributed by atoms with Crippen LogP contribution >= 0.6 is 10.5 Å². The molecule has 1 aromatic heterocycles. The van der Waals surface area contributed by atoms with Crippen LogP contribution in [0.3, 0.4) is 0 Å². The number of hydrogen-bond acceptors (Lipinski definition) is 0. The van der Waals surface area contributed by atoms with Crippen molar-refractivity contribution in [2.45, 2.75) is 0 Å². The Morgan fingerprint density at radius 1 is 0.882 bits per heavy atom. The molecule has 0 radical (unpaired) electrons. The molecular formula is C14H9F2S+. The fourth-order valence-corrected chi connectivity index (χ4v) is 3.79. The molecule has 0 nitrogen and oxygen atoms in total. The van der Waals surface area contributed by atoms with Crippen LogP contribution in [0.4, 0.5) is 8.78 Å². The highest BCUT2D eigenvalue weighted by atomic mass is 32.2. The molecular weight excluding hydrogens is 238 g/mol. The van der Waals surface area contributed by atoms with E-state index in [2.05, 4.69) is 0 Å². The van der Waals surface area contributed by atoms with Gasteiger partial charge >= 0.3 is 0 Å². The van der Waals surface area contributed by atoms with Gasteiger partial charge in [0.05, 0.1) is 0 Å². The summed E-state index contributed by atoms with van der Waals surface area (Å²) in [6.07, 6.45) is 0. The topological polar surface area (TPSA) is 0 Å². The van der Waals surface area contributed by atoms with Gasteiger partial charge in [0.1, 0.15) is 11.2 Å². The fourth-order valence-electron chi connectivity index (χ4n) is 1.88. The van der Waals surface area contributed by atoms with Crippen LogP contribution in [0.15, 0.2) is 53.9 Å². The summed E-state index contributed by atoms with van der Waals surface area (Å²) in [5, 5.41) is 3.08. The zero-order valence-electron chi connectivity index (χ0n) is 8.86. The average Bonchev–Trinajstić information content (AvgIpc) is 2.73. The number of thiophene rings is 1. The van der Waals surface area contributed by atoms with E-state index in [9.17, 15) is 8.78 Å². The van der Waals surface area contributed by atoms with E-state index in [-0.39, 0.29) is 0 Å². The van der Waals surface area contributed by atoms with Crippen LogP contribution in [0.2, 0.25) is 0 Å². The molecule has 3 aromatic rings. The first-order valence-electron chi connectivity index (χ1n) is 5.21. The number of halogens is 2. The van der Waals surface area contributed by atoms with Crippen molar-refractivity contribution in [1.82, 2.24) is 0 Å². The lowest BCUT2D eigenvalue weighted by atomic mass is 10.3. The predicted octanol–water partition coefficient (Wildman–Crippen LogP) is 4.86. The van der Waals surface area contributed by atoms with E-state index in [0.29, 0.717) is 4.90 Å². The van der Waals surface area contributed by atoms with Gasteiger partial charge in [0, 0.05) is 34.1 Å². The highest BCUT2D eigenvalue weighted by Crippen LogP contribution is 2.40. The molecule has 0 saturated heterocycles. The molecule has 0 aliphatic carbocycles. The molecule has 3 rings (SSSR count). The minimum absolute atomic E-state index is 0.408. The normalized spacial score (nSPS) is 12.0. The molecule has 0 bridgehead atoms. The second-order valence-corrected chi connectivity index (χ2v) is 5.58. The summed E-state index contributed by atoms with van der Waals surface area (Å²) >= 11 is 0. The number of benzene rings is 2. The monoisotopic (exact) mass is 247 g/mol. The third-order valence-electron chi connectivity index (χ3n) is 2.67. The van der Waals surface area contributed by atoms with Gasteiger partial charge in [-0.05, 0) is 18.2 Å². The van der Waals surface area contributed by atoms with Crippen LogP contribution in [0.5, 0.6) is 0 Å². The zero-order valence-corrected chi connectivity index (χ0v) is 9.68. The van der Waals surface area contributed by atoms with Gasteiger partial charge in [-0.2, -0.15) is 0 Å². The number of hydrogen-bond donors (Lipinski definition) is 0. The van der Waals surface area contributed by atoms with Crippen molar-refractivity contribution in [3.05, 3.63) is 65.5 Å². The maximum absolute atomic E-state index is 13.7. The van der Waals surface area contributed by atoms with Crippen molar-refractivity contribution in [3.63, 3.8) is 0 Å². The van der Waals surface area contributed by atoms with Gasteiger partial charge in [-0.3, -0.25) is 0 Å². The summed E-state index contributed by atoms with van der Waals surface area (Å²) in [7, 11) is -0.408. The number of rotatable bonds is 1. The maximum Gasteiger partial charge on any atom is 0.214 e. The zero-order chi connectivity index (χ0) is 11.8. The van der Waals surface area contributed by atoms with Crippen LogP contribution in [-0.4, -0.2) is 0 Å². The summed E-state index contributed by atoms with van der Waals surface area (Å²) in [6, 6.07) is 13.6. The van der Waals surface area contributed by atoms with Crippen molar-refractivity contribution in [2.75, 3.05) is 0 Å². The quantitative estimate of drug-likeness (QED) is 0.539. The maximum atomic E-state index is 13.7. The van der Waals surface area contributed by atoms with Gasteiger partial charge < -0.3 is 0 Å². The molecule has 0 aliphatic rings. The van der Waals surface area contributed by atoms with Gasteiger partial charge in [0.15, 0.2) is 10.5 Å². The van der Waals surface area contributed by atoms with Crippen molar-refractivity contribution in [3.8, 4) is 4.90 Å². The minimum Gasteiger partial charge on any atom is -0.207 e. The second-order valence-electron chi connectivity index (χ2n) is 3.75. The van der Waals surface area contributed by atoms with Gasteiger partial charge in [0.2, 0.25) is 4.90 Å². The average molecular weight is 247 g/mol. The van der Waals surface area contributed by atoms with Crippen LogP contribution in [0, 0.1) is 11.6 Å². The van der Waals surface area contributed by atoms with Crippen LogP contribution in [-0.2, 0) is 0 Å². The molecule has 1 unspecified atom stereocenters. The van der Waals surface area contributed by atoms with Crippen molar-refractivity contribution in [1.29, 1.82) is 0 Å². The fraction of sp³-hybridized carbons (Fsp3) is 0. The Morgan fingerprint density at radius 3 is 2.53 bits per heavy atom. The van der Waals surface area contributed by atoms with Gasteiger partial charge in [-0.25, -0.2) is 8.78 Å². The summed E-state index contributed by atoms with van der Waals surface area (Å²) in [4.78, 5) is 0.549. The van der Waals surface area contributed by atoms with Crippen LogP contribution in [0.25, 0.3) is 15.0 Å². The van der Waals surface area contributed by atoms with Crippen LogP contribution in [0.1, 0.15) is 0 Å². The lowest BCUT2D eigenvalue weighted by Crippen LogP contribution is -1.81. The Kier molecular flexibility index (Phi) is 2.41.